The standard InChI is InChI=1S/C19H17N3O2/c20-11-14-5-4-6-16(9-14)19(24)21-12-15-10-18(23)22(13-15)17-7-2-1-3-8-17/h1-9,15H,10,12-13H2,(H,21,24). The molecule has 5 nitrogen and oxygen atoms in total. The van der Waals surface area contributed by atoms with Gasteiger partial charge in [-0.1, -0.05) is 24.3 Å². The van der Waals surface area contributed by atoms with Gasteiger partial charge in [-0.2, -0.15) is 5.26 Å². The molecular weight excluding hydrogens is 302 g/mol. The Balaban J connectivity index is 1.59. The van der Waals surface area contributed by atoms with E-state index < -0.39 is 0 Å². The molecule has 1 aliphatic rings. The lowest BCUT2D eigenvalue weighted by Gasteiger charge is -2.16. The number of nitrogens with one attached hydrogen (secondary N) is 1. The van der Waals surface area contributed by atoms with Crippen molar-refractivity contribution in [3.63, 3.8) is 0 Å². The third-order valence-corrected chi connectivity index (χ3v) is 4.08. The van der Waals surface area contributed by atoms with Crippen molar-refractivity contribution in [2.75, 3.05) is 18.0 Å². The fourth-order valence-electron chi connectivity index (χ4n) is 2.84. The summed E-state index contributed by atoms with van der Waals surface area (Å²) in [5.41, 5.74) is 1.80. The number of nitriles is 1. The summed E-state index contributed by atoms with van der Waals surface area (Å²) in [6.07, 6.45) is 0.424. The molecule has 1 unspecified atom stereocenters. The summed E-state index contributed by atoms with van der Waals surface area (Å²) < 4.78 is 0. The topological polar surface area (TPSA) is 73.2 Å². The molecule has 0 spiro atoms. The number of nitrogens with zero attached hydrogens (tertiary/aromatic N) is 2. The molecule has 2 amide bonds. The van der Waals surface area contributed by atoms with Crippen LogP contribution in [0.5, 0.6) is 0 Å². The van der Waals surface area contributed by atoms with Gasteiger partial charge in [-0.3, -0.25) is 9.59 Å². The van der Waals surface area contributed by atoms with E-state index >= 15 is 0 Å². The maximum atomic E-state index is 12.2. The SMILES string of the molecule is N#Cc1cccc(C(=O)NCC2CC(=O)N(c3ccccc3)C2)c1. The summed E-state index contributed by atoms with van der Waals surface area (Å²) in [5, 5.41) is 11.7. The van der Waals surface area contributed by atoms with E-state index in [1.54, 1.807) is 29.2 Å². The highest BCUT2D eigenvalue weighted by molar-refractivity contribution is 5.96. The normalized spacial score (nSPS) is 16.7. The average molecular weight is 319 g/mol. The lowest BCUT2D eigenvalue weighted by atomic mass is 10.1. The largest absolute Gasteiger partial charge is 0.352 e. The summed E-state index contributed by atoms with van der Waals surface area (Å²) in [5.74, 6) is -0.0644. The average Bonchev–Trinajstić information content (AvgIpc) is 3.01. The molecule has 1 atom stereocenters. The van der Waals surface area contributed by atoms with Crippen molar-refractivity contribution >= 4 is 17.5 Å². The van der Waals surface area contributed by atoms with E-state index in [9.17, 15) is 9.59 Å². The molecule has 1 heterocycles. The van der Waals surface area contributed by atoms with Crippen LogP contribution in [0.1, 0.15) is 22.3 Å². The first-order chi connectivity index (χ1) is 11.7. The number of para-hydroxylation sites is 1. The van der Waals surface area contributed by atoms with Crippen molar-refractivity contribution in [3.8, 4) is 6.07 Å². The van der Waals surface area contributed by atoms with Crippen molar-refractivity contribution in [2.24, 2.45) is 5.92 Å². The number of carbonyl (C=O) groups excluding carboxylic acids is 2. The molecule has 0 radical (unpaired) electrons. The summed E-state index contributed by atoms with van der Waals surface area (Å²) in [4.78, 5) is 26.1. The fourth-order valence-corrected chi connectivity index (χ4v) is 2.84. The smallest absolute Gasteiger partial charge is 0.251 e. The van der Waals surface area contributed by atoms with Crippen LogP contribution >= 0.6 is 0 Å². The van der Waals surface area contributed by atoms with E-state index in [1.165, 1.54) is 0 Å². The number of rotatable bonds is 4. The van der Waals surface area contributed by atoms with E-state index in [0.29, 0.717) is 30.6 Å². The molecule has 1 aliphatic heterocycles. The van der Waals surface area contributed by atoms with Crippen LogP contribution < -0.4 is 10.2 Å². The van der Waals surface area contributed by atoms with Crippen LogP contribution in [0.3, 0.4) is 0 Å². The predicted octanol–water partition coefficient (Wildman–Crippen LogP) is 2.34. The number of carbonyl (C=O) groups is 2. The quantitative estimate of drug-likeness (QED) is 0.940. The van der Waals surface area contributed by atoms with Crippen LogP contribution in [0.2, 0.25) is 0 Å². The minimum Gasteiger partial charge on any atom is -0.352 e. The van der Waals surface area contributed by atoms with Crippen LogP contribution in [0, 0.1) is 17.2 Å². The van der Waals surface area contributed by atoms with Crippen LogP contribution in [-0.2, 0) is 4.79 Å². The number of benzene rings is 2. The first kappa shape index (κ1) is 15.8. The minimum atomic E-state index is -0.224. The summed E-state index contributed by atoms with van der Waals surface area (Å²) >= 11 is 0. The Morgan fingerprint density at radius 3 is 2.75 bits per heavy atom. The Kier molecular flexibility index (Phi) is 4.57. The van der Waals surface area contributed by atoms with Crippen molar-refractivity contribution in [2.45, 2.75) is 6.42 Å². The number of amides is 2. The molecule has 0 saturated carbocycles. The molecule has 2 aromatic carbocycles. The second-order valence-corrected chi connectivity index (χ2v) is 5.81. The van der Waals surface area contributed by atoms with Crippen molar-refractivity contribution < 1.29 is 9.59 Å². The second-order valence-electron chi connectivity index (χ2n) is 5.81. The number of anilines is 1. The fraction of sp³-hybridized carbons (Fsp3) is 0.211. The van der Waals surface area contributed by atoms with Gasteiger partial charge in [-0.15, -0.1) is 0 Å². The van der Waals surface area contributed by atoms with Gasteiger partial charge in [0.05, 0.1) is 11.6 Å². The van der Waals surface area contributed by atoms with Crippen LogP contribution in [0.4, 0.5) is 5.69 Å². The predicted molar refractivity (Wildman–Crippen MR) is 90.4 cm³/mol. The highest BCUT2D eigenvalue weighted by Gasteiger charge is 2.30. The number of hydrogen-bond acceptors (Lipinski definition) is 3. The number of hydrogen-bond donors (Lipinski definition) is 1. The Bertz CT molecular complexity index is 796. The third kappa shape index (κ3) is 3.44. The highest BCUT2D eigenvalue weighted by Crippen LogP contribution is 2.24. The van der Waals surface area contributed by atoms with Gasteiger partial charge in [0, 0.05) is 36.7 Å². The van der Waals surface area contributed by atoms with E-state index in [-0.39, 0.29) is 17.7 Å². The molecule has 1 N–H and O–H groups in total. The highest BCUT2D eigenvalue weighted by atomic mass is 16.2. The molecule has 1 saturated heterocycles. The molecular formula is C19H17N3O2. The first-order valence-corrected chi connectivity index (χ1v) is 7.81. The molecule has 3 rings (SSSR count). The molecule has 1 fully saturated rings. The van der Waals surface area contributed by atoms with Crippen molar-refractivity contribution in [1.82, 2.24) is 5.32 Å². The maximum Gasteiger partial charge on any atom is 0.251 e. The van der Waals surface area contributed by atoms with E-state index in [1.807, 2.05) is 36.4 Å². The van der Waals surface area contributed by atoms with E-state index in [2.05, 4.69) is 5.32 Å². The molecule has 0 aromatic heterocycles. The van der Waals surface area contributed by atoms with Gasteiger partial charge in [0.2, 0.25) is 5.91 Å². The summed E-state index contributed by atoms with van der Waals surface area (Å²) in [6, 6.07) is 18.1. The lowest BCUT2D eigenvalue weighted by Crippen LogP contribution is -2.31. The summed E-state index contributed by atoms with van der Waals surface area (Å²) in [6.45, 7) is 1.03. The van der Waals surface area contributed by atoms with Gasteiger partial charge < -0.3 is 10.2 Å². The van der Waals surface area contributed by atoms with Gasteiger partial charge in [0.25, 0.3) is 5.91 Å². The zero-order valence-electron chi connectivity index (χ0n) is 13.1. The first-order valence-electron chi connectivity index (χ1n) is 7.81. The zero-order chi connectivity index (χ0) is 16.9. The molecule has 2 aromatic rings. The van der Waals surface area contributed by atoms with Crippen molar-refractivity contribution in [3.05, 3.63) is 65.7 Å². The third-order valence-electron chi connectivity index (χ3n) is 4.08. The minimum absolute atomic E-state index is 0.0759. The molecule has 24 heavy (non-hydrogen) atoms. The van der Waals surface area contributed by atoms with Crippen LogP contribution in [-0.4, -0.2) is 24.9 Å². The van der Waals surface area contributed by atoms with Crippen molar-refractivity contribution in [1.29, 1.82) is 5.26 Å². The van der Waals surface area contributed by atoms with Crippen LogP contribution in [0.15, 0.2) is 54.6 Å². The van der Waals surface area contributed by atoms with Gasteiger partial charge in [0.15, 0.2) is 0 Å². The molecule has 5 heteroatoms. The van der Waals surface area contributed by atoms with Gasteiger partial charge in [0.1, 0.15) is 0 Å². The monoisotopic (exact) mass is 319 g/mol. The van der Waals surface area contributed by atoms with Gasteiger partial charge >= 0.3 is 0 Å². The lowest BCUT2D eigenvalue weighted by molar-refractivity contribution is -0.117. The maximum absolute atomic E-state index is 12.2. The Morgan fingerprint density at radius 2 is 2.00 bits per heavy atom. The molecule has 0 bridgehead atoms. The zero-order valence-corrected chi connectivity index (χ0v) is 13.1. The van der Waals surface area contributed by atoms with E-state index in [4.69, 9.17) is 5.26 Å². The molecule has 120 valence electrons. The Hall–Kier alpha value is -3.13. The van der Waals surface area contributed by atoms with Gasteiger partial charge in [-0.05, 0) is 30.3 Å². The van der Waals surface area contributed by atoms with Gasteiger partial charge in [-0.25, -0.2) is 0 Å². The second kappa shape index (κ2) is 6.97. The van der Waals surface area contributed by atoms with Crippen LogP contribution in [0.25, 0.3) is 0 Å². The summed E-state index contributed by atoms with van der Waals surface area (Å²) in [7, 11) is 0. The Morgan fingerprint density at radius 1 is 1.21 bits per heavy atom. The van der Waals surface area contributed by atoms with E-state index in [0.717, 1.165) is 5.69 Å². The molecule has 0 aliphatic carbocycles. The Labute approximate surface area is 140 Å².